The zero-order valence-corrected chi connectivity index (χ0v) is 43.4. The normalized spacial score (nSPS) is 12.9. The van der Waals surface area contributed by atoms with Crippen LogP contribution in [-0.2, 0) is 28.6 Å². The zero-order chi connectivity index (χ0) is 48.6. The minimum Gasteiger partial charge on any atom is -0.462 e. The van der Waals surface area contributed by atoms with Crippen LogP contribution in [0, 0.1) is 0 Å². The third kappa shape index (κ3) is 52.9. The van der Waals surface area contributed by atoms with Gasteiger partial charge in [-0.25, -0.2) is 0 Å². The van der Waals surface area contributed by atoms with E-state index >= 15 is 0 Å². The maximum Gasteiger partial charge on any atom is 0.306 e. The maximum absolute atomic E-state index is 12.8. The van der Waals surface area contributed by atoms with E-state index in [2.05, 4.69) is 63.3 Å². The molecular formula is C61H100O6. The molecule has 0 radical (unpaired) electrons. The number of esters is 3. The molecule has 0 rings (SSSR count). The highest BCUT2D eigenvalue weighted by atomic mass is 16.6. The van der Waals surface area contributed by atoms with E-state index in [0.717, 1.165) is 89.9 Å². The molecule has 0 saturated heterocycles. The molecule has 0 amide bonds. The first kappa shape index (κ1) is 63.1. The molecule has 0 saturated carbocycles. The number of unbranched alkanes of at least 4 members (excludes halogenated alkanes) is 26. The van der Waals surface area contributed by atoms with Crippen LogP contribution >= 0.6 is 0 Å². The van der Waals surface area contributed by atoms with Crippen LogP contribution in [0.1, 0.15) is 239 Å². The average Bonchev–Trinajstić information content (AvgIpc) is 3.33. The molecule has 1 unspecified atom stereocenters. The summed E-state index contributed by atoms with van der Waals surface area (Å²) in [5, 5.41) is 0. The van der Waals surface area contributed by atoms with Crippen LogP contribution in [-0.4, -0.2) is 37.2 Å². The molecule has 0 aromatic carbocycles. The van der Waals surface area contributed by atoms with Gasteiger partial charge in [-0.1, -0.05) is 271 Å². The number of carbonyl (C=O) groups excluding carboxylic acids is 3. The summed E-state index contributed by atoms with van der Waals surface area (Å²) >= 11 is 0. The van der Waals surface area contributed by atoms with Crippen molar-refractivity contribution in [1.82, 2.24) is 0 Å². The highest BCUT2D eigenvalue weighted by Crippen LogP contribution is 2.16. The highest BCUT2D eigenvalue weighted by molar-refractivity contribution is 5.71. The molecule has 0 aromatic rings. The van der Waals surface area contributed by atoms with E-state index in [-0.39, 0.29) is 37.5 Å². The van der Waals surface area contributed by atoms with Gasteiger partial charge in [0.2, 0.25) is 0 Å². The summed E-state index contributed by atoms with van der Waals surface area (Å²) in [5.74, 6) is -0.969. The molecule has 0 bridgehead atoms. The van der Waals surface area contributed by atoms with Gasteiger partial charge in [0.05, 0.1) is 0 Å². The Hall–Kier alpha value is -3.93. The van der Waals surface area contributed by atoms with Gasteiger partial charge in [-0.3, -0.25) is 14.4 Å². The number of ether oxygens (including phenoxy) is 3. The molecule has 6 heteroatoms. The Morgan fingerprint density at radius 2 is 0.582 bits per heavy atom. The first-order valence-corrected chi connectivity index (χ1v) is 27.5. The van der Waals surface area contributed by atoms with E-state index in [1.807, 2.05) is 66.8 Å². The van der Waals surface area contributed by atoms with Crippen LogP contribution in [0.15, 0.2) is 109 Å². The smallest absolute Gasteiger partial charge is 0.306 e. The SMILES string of the molecule is CC\C=C/C=C\C=C/C=C\C=C/CCCCCC(=O)OC(COC(=O)CCCCCCC\C=C/C=C\C=C/C=C\CC)COC(=O)CCCCCCCCCCCCCCCCCCCCC. The van der Waals surface area contributed by atoms with Crippen molar-refractivity contribution < 1.29 is 28.6 Å². The first-order valence-electron chi connectivity index (χ1n) is 27.5. The third-order valence-electron chi connectivity index (χ3n) is 11.5. The van der Waals surface area contributed by atoms with Crippen molar-refractivity contribution in [2.24, 2.45) is 0 Å². The number of allylic oxidation sites excluding steroid dienone is 18. The van der Waals surface area contributed by atoms with Crippen molar-refractivity contribution in [3.8, 4) is 0 Å². The largest absolute Gasteiger partial charge is 0.462 e. The van der Waals surface area contributed by atoms with E-state index in [9.17, 15) is 14.4 Å². The molecular weight excluding hydrogens is 829 g/mol. The summed E-state index contributed by atoms with van der Waals surface area (Å²) in [6, 6.07) is 0. The average molecular weight is 929 g/mol. The van der Waals surface area contributed by atoms with Crippen LogP contribution in [0.25, 0.3) is 0 Å². The second-order valence-electron chi connectivity index (χ2n) is 18.0. The Labute approximate surface area is 412 Å². The van der Waals surface area contributed by atoms with E-state index in [4.69, 9.17) is 14.2 Å². The highest BCUT2D eigenvalue weighted by Gasteiger charge is 2.19. The summed E-state index contributed by atoms with van der Waals surface area (Å²) in [5.41, 5.74) is 0. The Bertz CT molecular complexity index is 1390. The molecule has 0 spiro atoms. The topological polar surface area (TPSA) is 78.9 Å². The van der Waals surface area contributed by atoms with Crippen LogP contribution in [0.4, 0.5) is 0 Å². The summed E-state index contributed by atoms with van der Waals surface area (Å²) in [6.45, 7) is 6.31. The molecule has 67 heavy (non-hydrogen) atoms. The molecule has 1 atom stereocenters. The predicted molar refractivity (Wildman–Crippen MR) is 288 cm³/mol. The molecule has 0 N–H and O–H groups in total. The van der Waals surface area contributed by atoms with Gasteiger partial charge in [-0.05, 0) is 57.8 Å². The third-order valence-corrected chi connectivity index (χ3v) is 11.5. The number of hydrogen-bond acceptors (Lipinski definition) is 6. The minimum absolute atomic E-state index is 0.103. The lowest BCUT2D eigenvalue weighted by molar-refractivity contribution is -0.167. The second kappa shape index (κ2) is 54.7. The quantitative estimate of drug-likeness (QED) is 0.0262. The van der Waals surface area contributed by atoms with Gasteiger partial charge in [-0.15, -0.1) is 0 Å². The lowest BCUT2D eigenvalue weighted by atomic mass is 10.0. The Balaban J connectivity index is 4.46. The fourth-order valence-corrected chi connectivity index (χ4v) is 7.42. The van der Waals surface area contributed by atoms with Crippen molar-refractivity contribution in [3.63, 3.8) is 0 Å². The Morgan fingerprint density at radius 3 is 0.925 bits per heavy atom. The second-order valence-corrected chi connectivity index (χ2v) is 18.0. The number of carbonyl (C=O) groups is 3. The van der Waals surface area contributed by atoms with Crippen molar-refractivity contribution >= 4 is 17.9 Å². The Kier molecular flexibility index (Phi) is 51.5. The molecule has 0 heterocycles. The lowest BCUT2D eigenvalue weighted by Crippen LogP contribution is -2.30. The summed E-state index contributed by atoms with van der Waals surface area (Å²) in [6.07, 6.45) is 73.6. The van der Waals surface area contributed by atoms with Crippen LogP contribution < -0.4 is 0 Å². The van der Waals surface area contributed by atoms with Gasteiger partial charge in [0, 0.05) is 19.3 Å². The monoisotopic (exact) mass is 929 g/mol. The van der Waals surface area contributed by atoms with Gasteiger partial charge in [0.25, 0.3) is 0 Å². The molecule has 0 aliphatic rings. The van der Waals surface area contributed by atoms with Crippen molar-refractivity contribution in [3.05, 3.63) is 109 Å². The van der Waals surface area contributed by atoms with Crippen molar-refractivity contribution in [1.29, 1.82) is 0 Å². The summed E-state index contributed by atoms with van der Waals surface area (Å²) in [7, 11) is 0. The van der Waals surface area contributed by atoms with Gasteiger partial charge >= 0.3 is 17.9 Å². The van der Waals surface area contributed by atoms with Gasteiger partial charge in [0.15, 0.2) is 6.10 Å². The molecule has 0 aromatic heterocycles. The summed E-state index contributed by atoms with van der Waals surface area (Å²) in [4.78, 5) is 38.1. The fourth-order valence-electron chi connectivity index (χ4n) is 7.42. The van der Waals surface area contributed by atoms with Crippen molar-refractivity contribution in [2.45, 2.75) is 245 Å². The molecule has 0 fully saturated rings. The van der Waals surface area contributed by atoms with Crippen LogP contribution in [0.3, 0.4) is 0 Å². The molecule has 380 valence electrons. The molecule has 0 aliphatic heterocycles. The van der Waals surface area contributed by atoms with Crippen LogP contribution in [0.5, 0.6) is 0 Å². The number of hydrogen-bond donors (Lipinski definition) is 0. The van der Waals surface area contributed by atoms with Crippen LogP contribution in [0.2, 0.25) is 0 Å². The van der Waals surface area contributed by atoms with E-state index in [1.54, 1.807) is 0 Å². The van der Waals surface area contributed by atoms with Gasteiger partial charge < -0.3 is 14.2 Å². The van der Waals surface area contributed by atoms with Gasteiger partial charge in [-0.2, -0.15) is 0 Å². The van der Waals surface area contributed by atoms with E-state index in [0.29, 0.717) is 19.3 Å². The zero-order valence-electron chi connectivity index (χ0n) is 43.4. The number of rotatable bonds is 48. The van der Waals surface area contributed by atoms with E-state index in [1.165, 1.54) is 103 Å². The first-order chi connectivity index (χ1) is 33.0. The molecule has 0 aliphatic carbocycles. The van der Waals surface area contributed by atoms with Crippen molar-refractivity contribution in [2.75, 3.05) is 13.2 Å². The molecule has 6 nitrogen and oxygen atoms in total. The standard InChI is InChI=1S/C61H100O6/c1-4-7-10-13-16-19-22-25-28-29-30-31-34-36-39-42-45-48-51-54-60(63)66-57-58(67-61(64)55-52-49-46-43-40-37-33-27-24-21-18-15-12-9-6-3)56-65-59(62)53-50-47-44-41-38-35-32-26-23-20-17-14-11-8-5-2/h8-9,11-12,14-15,17-18,20-21,23-24,26-27,32-33,37,40,58H,4-7,10,13,16,19,22,25,28-31,34-36,38-39,41-57H2,1-3H3/b11-8-,12-9-,17-14-,18-15-,23-20-,24-21-,32-26-,33-27-,40-37-. The Morgan fingerprint density at radius 1 is 0.313 bits per heavy atom. The minimum atomic E-state index is -0.811. The predicted octanol–water partition coefficient (Wildman–Crippen LogP) is 18.3. The maximum atomic E-state index is 12.8. The fraction of sp³-hybridized carbons (Fsp3) is 0.656. The lowest BCUT2D eigenvalue weighted by Gasteiger charge is -2.18. The van der Waals surface area contributed by atoms with E-state index < -0.39 is 6.10 Å². The van der Waals surface area contributed by atoms with Gasteiger partial charge in [0.1, 0.15) is 13.2 Å². The summed E-state index contributed by atoms with van der Waals surface area (Å²) < 4.78 is 16.8.